The number of nitrogens with one attached hydrogen (secondary N) is 2. The molecule has 2 unspecified atom stereocenters. The maximum absolute atomic E-state index is 10.7. The Hall–Kier alpha value is -2.03. The van der Waals surface area contributed by atoms with E-state index in [-0.39, 0.29) is 24.3 Å². The summed E-state index contributed by atoms with van der Waals surface area (Å²) >= 11 is 0. The number of nitro benzene ring substituents is 1. The lowest BCUT2D eigenvalue weighted by molar-refractivity contribution is -0.384. The molecular formula is C14H22N4O4. The molecule has 0 aliphatic carbocycles. The summed E-state index contributed by atoms with van der Waals surface area (Å²) in [5.41, 5.74) is 6.59. The van der Waals surface area contributed by atoms with Crippen LogP contribution in [0.3, 0.4) is 0 Å². The van der Waals surface area contributed by atoms with Crippen molar-refractivity contribution < 1.29 is 14.8 Å². The molecule has 0 radical (unpaired) electrons. The van der Waals surface area contributed by atoms with Gasteiger partial charge in [0.1, 0.15) is 0 Å². The van der Waals surface area contributed by atoms with Gasteiger partial charge in [0.05, 0.1) is 11.5 Å². The SMILES string of the molecule is CC(N)CNCC(Cc1ccc([N+](=O)[O-])cc1)NCC(=O)O. The Labute approximate surface area is 128 Å². The lowest BCUT2D eigenvalue weighted by Crippen LogP contribution is -2.44. The van der Waals surface area contributed by atoms with Crippen molar-refractivity contribution in [2.45, 2.75) is 25.4 Å². The van der Waals surface area contributed by atoms with Crippen molar-refractivity contribution in [1.82, 2.24) is 10.6 Å². The molecule has 22 heavy (non-hydrogen) atoms. The maximum Gasteiger partial charge on any atom is 0.317 e. The molecular weight excluding hydrogens is 288 g/mol. The van der Waals surface area contributed by atoms with Crippen LogP contribution in [0.2, 0.25) is 0 Å². The summed E-state index contributed by atoms with van der Waals surface area (Å²) in [5.74, 6) is -0.930. The fraction of sp³-hybridized carbons (Fsp3) is 0.500. The molecule has 8 nitrogen and oxygen atoms in total. The number of carboxylic acids is 1. The van der Waals surface area contributed by atoms with Crippen LogP contribution in [0.25, 0.3) is 0 Å². The van der Waals surface area contributed by atoms with E-state index in [4.69, 9.17) is 10.8 Å². The van der Waals surface area contributed by atoms with Gasteiger partial charge in [-0.25, -0.2) is 0 Å². The van der Waals surface area contributed by atoms with Gasteiger partial charge < -0.3 is 21.5 Å². The van der Waals surface area contributed by atoms with Crippen molar-refractivity contribution in [2.75, 3.05) is 19.6 Å². The Morgan fingerprint density at radius 2 is 2.00 bits per heavy atom. The molecule has 0 aromatic heterocycles. The van der Waals surface area contributed by atoms with E-state index in [1.54, 1.807) is 12.1 Å². The van der Waals surface area contributed by atoms with E-state index in [0.717, 1.165) is 5.56 Å². The third-order valence-electron chi connectivity index (χ3n) is 3.03. The molecule has 0 fully saturated rings. The second kappa shape index (κ2) is 9.08. The highest BCUT2D eigenvalue weighted by Crippen LogP contribution is 2.13. The molecule has 0 bridgehead atoms. The van der Waals surface area contributed by atoms with Gasteiger partial charge >= 0.3 is 5.97 Å². The van der Waals surface area contributed by atoms with E-state index >= 15 is 0 Å². The van der Waals surface area contributed by atoms with E-state index in [1.807, 2.05) is 6.92 Å². The number of carboxylic acid groups (broad SMARTS) is 1. The van der Waals surface area contributed by atoms with Gasteiger partial charge in [-0.1, -0.05) is 12.1 Å². The molecule has 2 atom stereocenters. The number of nitro groups is 1. The molecule has 0 amide bonds. The largest absolute Gasteiger partial charge is 0.480 e. The van der Waals surface area contributed by atoms with Gasteiger partial charge in [-0.3, -0.25) is 14.9 Å². The van der Waals surface area contributed by atoms with Crippen LogP contribution in [0.5, 0.6) is 0 Å². The van der Waals surface area contributed by atoms with E-state index in [2.05, 4.69) is 10.6 Å². The van der Waals surface area contributed by atoms with Crippen LogP contribution in [0.15, 0.2) is 24.3 Å². The standard InChI is InChI=1S/C14H22N4O4/c1-10(15)7-16-8-12(17-9-14(19)20)6-11-2-4-13(5-3-11)18(21)22/h2-5,10,12,16-17H,6-9,15H2,1H3,(H,19,20). The predicted molar refractivity (Wildman–Crippen MR) is 82.7 cm³/mol. The average Bonchev–Trinajstić information content (AvgIpc) is 2.44. The van der Waals surface area contributed by atoms with Crippen LogP contribution in [0, 0.1) is 10.1 Å². The fourth-order valence-corrected chi connectivity index (χ4v) is 1.97. The van der Waals surface area contributed by atoms with Gasteiger partial charge in [0.25, 0.3) is 5.69 Å². The molecule has 5 N–H and O–H groups in total. The number of aliphatic carboxylic acids is 1. The van der Waals surface area contributed by atoms with Crippen molar-refractivity contribution in [3.8, 4) is 0 Å². The zero-order valence-corrected chi connectivity index (χ0v) is 12.5. The molecule has 0 heterocycles. The van der Waals surface area contributed by atoms with Crippen molar-refractivity contribution in [2.24, 2.45) is 5.73 Å². The number of nitrogens with two attached hydrogens (primary N) is 1. The quantitative estimate of drug-likeness (QED) is 0.356. The first-order chi connectivity index (χ1) is 10.4. The monoisotopic (exact) mass is 310 g/mol. The van der Waals surface area contributed by atoms with Crippen LogP contribution < -0.4 is 16.4 Å². The van der Waals surface area contributed by atoms with Crippen LogP contribution >= 0.6 is 0 Å². The summed E-state index contributed by atoms with van der Waals surface area (Å²) in [6, 6.07) is 6.16. The molecule has 1 rings (SSSR count). The van der Waals surface area contributed by atoms with E-state index in [9.17, 15) is 14.9 Å². The minimum absolute atomic E-state index is 0.0134. The zero-order chi connectivity index (χ0) is 16.5. The van der Waals surface area contributed by atoms with Crippen molar-refractivity contribution in [3.05, 3.63) is 39.9 Å². The minimum Gasteiger partial charge on any atom is -0.480 e. The maximum atomic E-state index is 10.7. The molecule has 8 heteroatoms. The second-order valence-electron chi connectivity index (χ2n) is 5.23. The van der Waals surface area contributed by atoms with Crippen molar-refractivity contribution in [3.63, 3.8) is 0 Å². The smallest absolute Gasteiger partial charge is 0.317 e. The molecule has 1 aromatic carbocycles. The summed E-state index contributed by atoms with van der Waals surface area (Å²) in [5, 5.41) is 25.5. The number of carbonyl (C=O) groups is 1. The molecule has 1 aromatic rings. The fourth-order valence-electron chi connectivity index (χ4n) is 1.97. The molecule has 122 valence electrons. The van der Waals surface area contributed by atoms with Gasteiger partial charge in [-0.15, -0.1) is 0 Å². The third kappa shape index (κ3) is 7.11. The Kier molecular flexibility index (Phi) is 7.44. The number of hydrogen-bond donors (Lipinski definition) is 4. The Bertz CT molecular complexity index is 490. The molecule has 0 aliphatic heterocycles. The molecule has 0 spiro atoms. The molecule has 0 saturated heterocycles. The van der Waals surface area contributed by atoms with Gasteiger partial charge in [-0.2, -0.15) is 0 Å². The summed E-state index contributed by atoms with van der Waals surface area (Å²) in [6.45, 7) is 2.93. The number of hydrogen-bond acceptors (Lipinski definition) is 6. The van der Waals surface area contributed by atoms with Crippen LogP contribution in [0.4, 0.5) is 5.69 Å². The normalized spacial score (nSPS) is 13.5. The topological polar surface area (TPSA) is 131 Å². The molecule has 0 aliphatic rings. The first-order valence-electron chi connectivity index (χ1n) is 7.03. The van der Waals surface area contributed by atoms with Crippen molar-refractivity contribution in [1.29, 1.82) is 0 Å². The first-order valence-corrected chi connectivity index (χ1v) is 7.03. The van der Waals surface area contributed by atoms with Gasteiger partial charge in [-0.05, 0) is 18.9 Å². The number of rotatable bonds is 10. The highest BCUT2D eigenvalue weighted by atomic mass is 16.6. The Balaban J connectivity index is 2.60. The highest BCUT2D eigenvalue weighted by Gasteiger charge is 2.12. The van der Waals surface area contributed by atoms with E-state index in [1.165, 1.54) is 12.1 Å². The van der Waals surface area contributed by atoms with Crippen LogP contribution in [-0.4, -0.2) is 47.7 Å². The van der Waals surface area contributed by atoms with Gasteiger partial charge in [0.2, 0.25) is 0 Å². The lowest BCUT2D eigenvalue weighted by Gasteiger charge is -2.19. The minimum atomic E-state index is -0.930. The first kappa shape index (κ1) is 18.0. The summed E-state index contributed by atoms with van der Waals surface area (Å²) in [6.07, 6.45) is 0.567. The highest BCUT2D eigenvalue weighted by molar-refractivity contribution is 5.69. The third-order valence-corrected chi connectivity index (χ3v) is 3.03. The Morgan fingerprint density at radius 1 is 1.36 bits per heavy atom. The summed E-state index contributed by atoms with van der Waals surface area (Å²) in [4.78, 5) is 20.9. The van der Waals surface area contributed by atoms with E-state index in [0.29, 0.717) is 19.5 Å². The Morgan fingerprint density at radius 3 is 2.50 bits per heavy atom. The van der Waals surface area contributed by atoms with E-state index < -0.39 is 10.9 Å². The van der Waals surface area contributed by atoms with Gasteiger partial charge in [0, 0.05) is 37.3 Å². The zero-order valence-electron chi connectivity index (χ0n) is 12.5. The second-order valence-corrected chi connectivity index (χ2v) is 5.23. The number of benzene rings is 1. The predicted octanol–water partition coefficient (Wildman–Crippen LogP) is 0.117. The molecule has 0 saturated carbocycles. The van der Waals surface area contributed by atoms with Crippen LogP contribution in [0.1, 0.15) is 12.5 Å². The summed E-state index contributed by atoms with van der Waals surface area (Å²) in [7, 11) is 0. The number of non-ortho nitro benzene ring substituents is 1. The van der Waals surface area contributed by atoms with Crippen LogP contribution in [-0.2, 0) is 11.2 Å². The van der Waals surface area contributed by atoms with Crippen molar-refractivity contribution >= 4 is 11.7 Å². The number of nitrogens with zero attached hydrogens (tertiary/aromatic N) is 1. The summed E-state index contributed by atoms with van der Waals surface area (Å²) < 4.78 is 0. The van der Waals surface area contributed by atoms with Gasteiger partial charge in [0.15, 0.2) is 0 Å². The average molecular weight is 310 g/mol. The lowest BCUT2D eigenvalue weighted by atomic mass is 10.1.